The van der Waals surface area contributed by atoms with E-state index in [1.807, 2.05) is 60.7 Å². The van der Waals surface area contributed by atoms with Crippen LogP contribution in [0.4, 0.5) is 17.1 Å². The predicted molar refractivity (Wildman–Crippen MR) is 238 cm³/mol. The summed E-state index contributed by atoms with van der Waals surface area (Å²) in [5.41, 5.74) is 6.31. The van der Waals surface area contributed by atoms with Gasteiger partial charge in [0.15, 0.2) is 0 Å². The van der Waals surface area contributed by atoms with Gasteiger partial charge in [-0.2, -0.15) is 0 Å². The highest BCUT2D eigenvalue weighted by Gasteiger charge is 2.44. The maximum atomic E-state index is 13.6. The quantitative estimate of drug-likeness (QED) is 0.0473. The van der Waals surface area contributed by atoms with E-state index in [-0.39, 0.29) is 29.7 Å². The smallest absolute Gasteiger partial charge is 0.269 e. The van der Waals surface area contributed by atoms with E-state index in [1.165, 1.54) is 12.1 Å². The lowest BCUT2D eigenvalue weighted by Gasteiger charge is -2.37. The second-order valence-corrected chi connectivity index (χ2v) is 16.6. The van der Waals surface area contributed by atoms with Gasteiger partial charge in [0.2, 0.25) is 5.91 Å². The van der Waals surface area contributed by atoms with E-state index in [9.17, 15) is 29.3 Å². The van der Waals surface area contributed by atoms with E-state index < -0.39 is 22.8 Å². The molecule has 4 aliphatic heterocycles. The van der Waals surface area contributed by atoms with Crippen LogP contribution in [0.25, 0.3) is 11.6 Å². The Morgan fingerprint density at radius 3 is 2.32 bits per heavy atom. The lowest BCUT2D eigenvalue weighted by molar-refractivity contribution is -0.384. The second kappa shape index (κ2) is 17.8. The number of nitro benzene ring substituents is 1. The van der Waals surface area contributed by atoms with Crippen molar-refractivity contribution in [1.29, 1.82) is 0 Å². The number of ether oxygens (including phenoxy) is 2. The van der Waals surface area contributed by atoms with Crippen molar-refractivity contribution in [2.45, 2.75) is 56.9 Å². The fourth-order valence-corrected chi connectivity index (χ4v) is 8.89. The molecule has 1 unspecified atom stereocenters. The van der Waals surface area contributed by atoms with E-state index in [4.69, 9.17) is 9.47 Å². The van der Waals surface area contributed by atoms with Crippen molar-refractivity contribution in [3.63, 3.8) is 0 Å². The summed E-state index contributed by atoms with van der Waals surface area (Å²) in [6.07, 6.45) is 9.19. The summed E-state index contributed by atoms with van der Waals surface area (Å²) in [4.78, 5) is 70.8. The molecule has 14 heteroatoms. The number of piperidine rings is 1. The van der Waals surface area contributed by atoms with Crippen LogP contribution in [0.5, 0.6) is 5.75 Å². The molecule has 3 fully saturated rings. The van der Waals surface area contributed by atoms with Gasteiger partial charge in [-0.15, -0.1) is 0 Å². The van der Waals surface area contributed by atoms with Gasteiger partial charge in [0.1, 0.15) is 17.9 Å². The van der Waals surface area contributed by atoms with E-state index in [0.717, 1.165) is 90.7 Å². The summed E-state index contributed by atoms with van der Waals surface area (Å²) in [6.45, 7) is 9.19. The number of allylic oxidation sites excluding steroid dienone is 3. The Morgan fingerprint density at radius 2 is 1.57 bits per heavy atom. The number of imide groups is 1. The maximum Gasteiger partial charge on any atom is 0.269 e. The maximum absolute atomic E-state index is 13.6. The molecule has 4 aromatic rings. The topological polar surface area (TPSA) is 155 Å². The number of carbonyl (C=O) groups excluding carboxylic acids is 4. The largest absolute Gasteiger partial charge is 0.490 e. The third kappa shape index (κ3) is 8.77. The molecule has 1 N–H and O–H groups in total. The number of anilines is 2. The van der Waals surface area contributed by atoms with Gasteiger partial charge in [0, 0.05) is 86.8 Å². The van der Waals surface area contributed by atoms with Gasteiger partial charge in [0.25, 0.3) is 23.4 Å². The monoisotopic (exact) mass is 848 g/mol. The standard InChI is InChI=1S/C49H48N6O8/c1-32-10-21-45(46(56)50-32)54-48(58)42-20-17-36(28-43(42)49(54)59)52-25-23-51(24-26-52)22-5-27-62-38-29-39(30-38)63-37-18-13-34(14-19-37)31-53-44-9-3-2-7-40(44)41(47(53)57)8-4-6-33-11-15-35(16-12-33)55(60)61/h2-4,6-9,11-20,28,38-39,45H,1,5,10,21-27,29-31H2,(H,50,56)/b6-4+,41-8+/t38-,39-,45?. The van der Waals surface area contributed by atoms with Crippen LogP contribution >= 0.6 is 0 Å². The first kappa shape index (κ1) is 41.5. The average Bonchev–Trinajstić information content (AvgIpc) is 3.68. The summed E-state index contributed by atoms with van der Waals surface area (Å²) >= 11 is 0. The Kier molecular flexibility index (Phi) is 11.7. The normalized spacial score (nSPS) is 21.8. The van der Waals surface area contributed by atoms with Gasteiger partial charge in [-0.25, -0.2) is 0 Å². The first-order valence-corrected chi connectivity index (χ1v) is 21.5. The molecule has 1 saturated carbocycles. The summed E-state index contributed by atoms with van der Waals surface area (Å²) in [5, 5.41) is 13.6. The Morgan fingerprint density at radius 1 is 0.825 bits per heavy atom. The van der Waals surface area contributed by atoms with Crippen molar-refractivity contribution in [3.8, 4) is 5.75 Å². The third-order valence-electron chi connectivity index (χ3n) is 12.5. The molecule has 4 heterocycles. The lowest BCUT2D eigenvalue weighted by atomic mass is 9.92. The molecular formula is C49H48N6O8. The van der Waals surface area contributed by atoms with Crippen molar-refractivity contribution in [2.75, 3.05) is 49.1 Å². The van der Waals surface area contributed by atoms with Crippen molar-refractivity contribution in [2.24, 2.45) is 0 Å². The number of benzene rings is 4. The summed E-state index contributed by atoms with van der Waals surface area (Å²) in [5.74, 6) is -0.503. The summed E-state index contributed by atoms with van der Waals surface area (Å²) < 4.78 is 12.4. The van der Waals surface area contributed by atoms with Crippen LogP contribution in [-0.4, -0.2) is 95.9 Å². The minimum absolute atomic E-state index is 0.0296. The molecule has 2 saturated heterocycles. The number of piperazine rings is 1. The average molecular weight is 849 g/mol. The zero-order valence-electron chi connectivity index (χ0n) is 34.8. The number of nitro groups is 1. The number of rotatable bonds is 14. The molecular weight excluding hydrogens is 801 g/mol. The molecule has 63 heavy (non-hydrogen) atoms. The molecule has 0 radical (unpaired) electrons. The Hall–Kier alpha value is -6.90. The first-order valence-electron chi connectivity index (χ1n) is 21.5. The minimum Gasteiger partial charge on any atom is -0.490 e. The Balaban J connectivity index is 0.681. The van der Waals surface area contributed by atoms with E-state index in [1.54, 1.807) is 41.3 Å². The molecule has 1 aliphatic carbocycles. The number of hydrogen-bond acceptors (Lipinski definition) is 10. The van der Waals surface area contributed by atoms with Crippen LogP contribution in [0.1, 0.15) is 69.5 Å². The number of hydrogen-bond donors (Lipinski definition) is 1. The van der Waals surface area contributed by atoms with Gasteiger partial charge < -0.3 is 24.6 Å². The fraction of sp³-hybridized carbons (Fsp3) is 0.306. The minimum atomic E-state index is -0.820. The molecule has 322 valence electrons. The molecule has 1 atom stereocenters. The summed E-state index contributed by atoms with van der Waals surface area (Å²) in [7, 11) is 0. The number of nitrogens with zero attached hydrogens (tertiary/aromatic N) is 5. The Labute approximate surface area is 365 Å². The van der Waals surface area contributed by atoms with Crippen LogP contribution in [0.3, 0.4) is 0 Å². The van der Waals surface area contributed by atoms with Crippen molar-refractivity contribution in [1.82, 2.24) is 15.1 Å². The summed E-state index contributed by atoms with van der Waals surface area (Å²) in [6, 6.07) is 26.5. The SMILES string of the molecule is C=C1CCC(N2C(=O)c3ccc(N4CCN(CCCO[C@H]5C[C@H](Oc6ccc(CN7C(=O)/C(=C/C=C/c8ccc([N+](=O)[O-])cc8)c8ccccc87)cc6)C5)CC4)cc3C2=O)C(=O)N1. The van der Waals surface area contributed by atoms with Gasteiger partial charge in [-0.1, -0.05) is 49.1 Å². The number of carbonyl (C=O) groups is 4. The highest BCUT2D eigenvalue weighted by Crippen LogP contribution is 2.38. The highest BCUT2D eigenvalue weighted by atomic mass is 16.6. The molecule has 0 aromatic heterocycles. The number of fused-ring (bicyclic) bond motifs is 2. The Bertz CT molecular complexity index is 2520. The highest BCUT2D eigenvalue weighted by molar-refractivity contribution is 6.32. The van der Waals surface area contributed by atoms with E-state index in [0.29, 0.717) is 48.4 Å². The molecule has 0 bridgehead atoms. The second-order valence-electron chi connectivity index (χ2n) is 16.6. The number of nitrogens with one attached hydrogen (secondary N) is 1. The molecule has 14 nitrogen and oxygen atoms in total. The predicted octanol–water partition coefficient (Wildman–Crippen LogP) is 6.77. The van der Waals surface area contributed by atoms with Gasteiger partial charge in [0.05, 0.1) is 34.4 Å². The fourth-order valence-electron chi connectivity index (χ4n) is 8.89. The molecule has 0 spiro atoms. The van der Waals surface area contributed by atoms with Gasteiger partial charge in [-0.05, 0) is 85.0 Å². The van der Waals surface area contributed by atoms with Crippen molar-refractivity contribution in [3.05, 3.63) is 153 Å². The zero-order valence-corrected chi connectivity index (χ0v) is 34.8. The number of para-hydroxylation sites is 1. The van der Waals surface area contributed by atoms with Crippen molar-refractivity contribution < 1.29 is 33.6 Å². The number of non-ortho nitro benzene ring substituents is 1. The van der Waals surface area contributed by atoms with Gasteiger partial charge in [-0.3, -0.25) is 39.1 Å². The molecule has 4 aromatic carbocycles. The molecule has 9 rings (SSSR count). The van der Waals surface area contributed by atoms with Crippen LogP contribution in [0, 0.1) is 10.1 Å². The van der Waals surface area contributed by atoms with Crippen molar-refractivity contribution >= 4 is 52.3 Å². The van der Waals surface area contributed by atoms with Crippen LogP contribution in [-0.2, 0) is 20.9 Å². The van der Waals surface area contributed by atoms with E-state index >= 15 is 0 Å². The molecule has 4 amide bonds. The van der Waals surface area contributed by atoms with Crippen LogP contribution in [0.15, 0.2) is 115 Å². The van der Waals surface area contributed by atoms with Crippen LogP contribution in [0.2, 0.25) is 0 Å². The third-order valence-corrected chi connectivity index (χ3v) is 12.5. The van der Waals surface area contributed by atoms with E-state index in [2.05, 4.69) is 21.7 Å². The first-order chi connectivity index (χ1) is 30.6. The lowest BCUT2D eigenvalue weighted by Crippen LogP contribution is -2.51. The van der Waals surface area contributed by atoms with Crippen LogP contribution < -0.4 is 19.9 Å². The zero-order chi connectivity index (χ0) is 43.6. The van der Waals surface area contributed by atoms with Gasteiger partial charge >= 0.3 is 0 Å². The number of amides is 4. The molecule has 5 aliphatic rings.